The van der Waals surface area contributed by atoms with Gasteiger partial charge < -0.3 is 23.7 Å². The zero-order valence-corrected chi connectivity index (χ0v) is 16.0. The molecule has 22 heavy (non-hydrogen) atoms. The van der Waals surface area contributed by atoms with Crippen molar-refractivity contribution in [3.63, 3.8) is 0 Å². The van der Waals surface area contributed by atoms with Crippen LogP contribution in [0.3, 0.4) is 0 Å². The van der Waals surface area contributed by atoms with Crippen LogP contribution in [-0.4, -0.2) is 75.3 Å². The summed E-state index contributed by atoms with van der Waals surface area (Å²) < 4.78 is 26.6. The molecule has 0 radical (unpaired) electrons. The minimum Gasteiger partial charge on any atom is -0.377 e. The number of rotatable bonds is 16. The molecule has 0 amide bonds. The van der Waals surface area contributed by atoms with Gasteiger partial charge in [-0.05, 0) is 20.8 Å². The second-order valence-corrected chi connectivity index (χ2v) is 6.76. The smallest absolute Gasteiger partial charge is 0.170 e. The molecule has 0 aliphatic rings. The highest BCUT2D eigenvalue weighted by Crippen LogP contribution is 1.99. The Balaban J connectivity index is 3.07. The molecular weight excluding hydrogens is 403 g/mol. The van der Waals surface area contributed by atoms with Gasteiger partial charge in [-0.1, -0.05) is 22.6 Å². The van der Waals surface area contributed by atoms with Crippen LogP contribution in [0.5, 0.6) is 0 Å². The van der Waals surface area contributed by atoms with E-state index >= 15 is 0 Å². The van der Waals surface area contributed by atoms with Crippen LogP contribution in [0.25, 0.3) is 0 Å². The van der Waals surface area contributed by atoms with E-state index in [1.165, 1.54) is 0 Å². The molecule has 0 aromatic rings. The second kappa shape index (κ2) is 16.1. The maximum absolute atomic E-state index is 11.3. The monoisotopic (exact) mass is 432 g/mol. The van der Waals surface area contributed by atoms with Gasteiger partial charge in [0.25, 0.3) is 0 Å². The van der Waals surface area contributed by atoms with Crippen molar-refractivity contribution in [1.29, 1.82) is 0 Å². The summed E-state index contributed by atoms with van der Waals surface area (Å²) in [5.41, 5.74) is 0. The second-order valence-electron chi connectivity index (χ2n) is 4.89. The summed E-state index contributed by atoms with van der Waals surface area (Å²) in [7, 11) is 0. The molecule has 7 heteroatoms. The minimum atomic E-state index is -0.00827. The van der Waals surface area contributed by atoms with Gasteiger partial charge in [0.15, 0.2) is 5.78 Å². The van der Waals surface area contributed by atoms with Crippen LogP contribution in [0.1, 0.15) is 20.8 Å². The van der Waals surface area contributed by atoms with Gasteiger partial charge in [-0.25, -0.2) is 0 Å². The number of halogens is 1. The molecule has 0 saturated heterocycles. The molecule has 0 rings (SSSR count). The maximum Gasteiger partial charge on any atom is 0.170 e. The molecule has 0 heterocycles. The van der Waals surface area contributed by atoms with E-state index in [0.29, 0.717) is 52.9 Å². The Morgan fingerprint density at radius 1 is 0.773 bits per heavy atom. The van der Waals surface area contributed by atoms with E-state index in [2.05, 4.69) is 22.6 Å². The Kier molecular flexibility index (Phi) is 16.2. The first-order chi connectivity index (χ1) is 10.5. The molecule has 0 aromatic heterocycles. The quantitative estimate of drug-likeness (QED) is 0.211. The molecule has 0 aliphatic heterocycles. The van der Waals surface area contributed by atoms with E-state index in [1.807, 2.05) is 20.8 Å². The zero-order valence-electron chi connectivity index (χ0n) is 13.8. The summed E-state index contributed by atoms with van der Waals surface area (Å²) in [5, 5.41) is 0. The number of Topliss-reactive ketones (excluding diaryl/α,β-unsaturated/α-hetero) is 1. The van der Waals surface area contributed by atoms with Gasteiger partial charge in [0.05, 0.1) is 62.9 Å². The SMILES string of the molecule is CC(C)OCCOCCOCCOCCOCC(=O)C(C)I. The summed E-state index contributed by atoms with van der Waals surface area (Å²) in [5.74, 6) is 0.0997. The minimum absolute atomic E-state index is 0.00827. The van der Waals surface area contributed by atoms with Gasteiger partial charge in [-0.15, -0.1) is 0 Å². The molecule has 0 saturated carbocycles. The van der Waals surface area contributed by atoms with E-state index in [0.717, 1.165) is 0 Å². The Morgan fingerprint density at radius 2 is 1.18 bits per heavy atom. The molecule has 1 unspecified atom stereocenters. The maximum atomic E-state index is 11.3. The number of ketones is 1. The lowest BCUT2D eigenvalue weighted by atomic mass is 10.3. The number of ether oxygens (including phenoxy) is 5. The molecule has 0 bridgehead atoms. The van der Waals surface area contributed by atoms with Crippen LogP contribution in [-0.2, 0) is 28.5 Å². The Morgan fingerprint density at radius 3 is 1.59 bits per heavy atom. The average Bonchev–Trinajstić information content (AvgIpc) is 2.46. The highest BCUT2D eigenvalue weighted by Gasteiger charge is 2.07. The van der Waals surface area contributed by atoms with E-state index in [-0.39, 0.29) is 22.4 Å². The van der Waals surface area contributed by atoms with Crippen molar-refractivity contribution in [2.24, 2.45) is 0 Å². The van der Waals surface area contributed by atoms with Gasteiger partial charge in [0, 0.05) is 0 Å². The van der Waals surface area contributed by atoms with Crippen LogP contribution >= 0.6 is 22.6 Å². The first-order valence-electron chi connectivity index (χ1n) is 7.63. The van der Waals surface area contributed by atoms with Crippen LogP contribution in [0.2, 0.25) is 0 Å². The average molecular weight is 432 g/mol. The largest absolute Gasteiger partial charge is 0.377 e. The third-order valence-corrected chi connectivity index (χ3v) is 3.18. The first-order valence-corrected chi connectivity index (χ1v) is 8.88. The van der Waals surface area contributed by atoms with Crippen molar-refractivity contribution in [3.05, 3.63) is 0 Å². The van der Waals surface area contributed by atoms with E-state index in [1.54, 1.807) is 0 Å². The standard InChI is InChI=1S/C15H29IO6/c1-13(2)22-11-10-20-7-6-18-4-5-19-8-9-21-12-15(17)14(3)16/h13-14H,4-12H2,1-3H3. The van der Waals surface area contributed by atoms with Crippen molar-refractivity contribution in [2.75, 3.05) is 59.5 Å². The van der Waals surface area contributed by atoms with E-state index in [9.17, 15) is 4.79 Å². The Labute approximate surface area is 147 Å². The summed E-state index contributed by atoms with van der Waals surface area (Å²) in [6.45, 7) is 10.2. The topological polar surface area (TPSA) is 63.2 Å². The number of hydrogen-bond acceptors (Lipinski definition) is 6. The number of hydrogen-bond donors (Lipinski definition) is 0. The number of carbonyl (C=O) groups is 1. The van der Waals surface area contributed by atoms with Gasteiger partial charge in [0.1, 0.15) is 6.61 Å². The van der Waals surface area contributed by atoms with Crippen molar-refractivity contribution in [3.8, 4) is 0 Å². The van der Waals surface area contributed by atoms with Crippen LogP contribution in [0.15, 0.2) is 0 Å². The van der Waals surface area contributed by atoms with Crippen LogP contribution in [0, 0.1) is 0 Å². The predicted molar refractivity (Wildman–Crippen MR) is 92.9 cm³/mol. The zero-order chi connectivity index (χ0) is 16.6. The highest BCUT2D eigenvalue weighted by atomic mass is 127. The molecule has 132 valence electrons. The fourth-order valence-electron chi connectivity index (χ4n) is 1.29. The van der Waals surface area contributed by atoms with Gasteiger partial charge in [-0.2, -0.15) is 0 Å². The van der Waals surface area contributed by atoms with Gasteiger partial charge >= 0.3 is 0 Å². The first kappa shape index (κ1) is 22.2. The fraction of sp³-hybridized carbons (Fsp3) is 0.933. The predicted octanol–water partition coefficient (Wildman–Crippen LogP) is 1.87. The van der Waals surface area contributed by atoms with Crippen LogP contribution < -0.4 is 0 Å². The number of carbonyl (C=O) groups excluding carboxylic acids is 1. The van der Waals surface area contributed by atoms with Crippen LogP contribution in [0.4, 0.5) is 0 Å². The molecule has 0 aliphatic carbocycles. The lowest BCUT2D eigenvalue weighted by Crippen LogP contribution is -2.19. The lowest BCUT2D eigenvalue weighted by molar-refractivity contribution is -0.123. The normalized spacial score (nSPS) is 12.8. The summed E-state index contributed by atoms with van der Waals surface area (Å²) in [6, 6.07) is 0. The molecule has 1 atom stereocenters. The highest BCUT2D eigenvalue weighted by molar-refractivity contribution is 14.1. The van der Waals surface area contributed by atoms with E-state index < -0.39 is 0 Å². The lowest BCUT2D eigenvalue weighted by Gasteiger charge is -2.09. The molecule has 0 N–H and O–H groups in total. The van der Waals surface area contributed by atoms with Crippen molar-refractivity contribution in [1.82, 2.24) is 0 Å². The third kappa shape index (κ3) is 16.6. The van der Waals surface area contributed by atoms with E-state index in [4.69, 9.17) is 23.7 Å². The molecule has 6 nitrogen and oxygen atoms in total. The van der Waals surface area contributed by atoms with Gasteiger partial charge in [0.2, 0.25) is 0 Å². The Bertz CT molecular complexity index is 260. The summed E-state index contributed by atoms with van der Waals surface area (Å²) in [6.07, 6.45) is 0.240. The third-order valence-electron chi connectivity index (χ3n) is 2.48. The molecule has 0 aromatic carbocycles. The fourth-order valence-corrected chi connectivity index (χ4v) is 1.47. The molecule has 0 fully saturated rings. The van der Waals surface area contributed by atoms with Gasteiger partial charge in [-0.3, -0.25) is 4.79 Å². The summed E-state index contributed by atoms with van der Waals surface area (Å²) >= 11 is 2.07. The summed E-state index contributed by atoms with van der Waals surface area (Å²) in [4.78, 5) is 11.3. The Hall–Kier alpha value is 0.200. The molecular formula is C15H29IO6. The van der Waals surface area contributed by atoms with Crippen molar-refractivity contribution >= 4 is 28.4 Å². The molecule has 0 spiro atoms. The van der Waals surface area contributed by atoms with Crippen molar-refractivity contribution < 1.29 is 28.5 Å². The number of alkyl halides is 1. The van der Waals surface area contributed by atoms with Crippen molar-refractivity contribution in [2.45, 2.75) is 30.8 Å².